The molecule has 202 valence electrons. The van der Waals surface area contributed by atoms with E-state index in [-0.39, 0.29) is 31.1 Å². The second kappa shape index (κ2) is 13.5. The van der Waals surface area contributed by atoms with Crippen LogP contribution in [0, 0.1) is 11.3 Å². The topological polar surface area (TPSA) is 117 Å². The van der Waals surface area contributed by atoms with Crippen molar-refractivity contribution in [3.8, 4) is 22.9 Å². The van der Waals surface area contributed by atoms with Crippen LogP contribution in [0.5, 0.6) is 5.75 Å². The Labute approximate surface area is 224 Å². The van der Waals surface area contributed by atoms with Crippen LogP contribution in [-0.4, -0.2) is 36.8 Å². The Balaban J connectivity index is 2.32. The number of nitriles is 1. The fraction of sp³-hybridized carbons (Fsp3) is 0.433. The first kappa shape index (κ1) is 28.6. The van der Waals surface area contributed by atoms with Crippen LogP contribution in [0.15, 0.2) is 30.3 Å². The zero-order valence-electron chi connectivity index (χ0n) is 22.8. The molecule has 2 N–H and O–H groups in total. The van der Waals surface area contributed by atoms with Crippen molar-refractivity contribution in [2.24, 2.45) is 0 Å². The van der Waals surface area contributed by atoms with Gasteiger partial charge in [0.25, 0.3) is 0 Å². The monoisotopic (exact) mass is 519 g/mol. The SMILES string of the molecule is CCCCCCCc1cc2c(N)c(C(=O)OCC)n(CC(=O)OCC)c2c(C#N)c1-c1ccc(OC)cc1. The van der Waals surface area contributed by atoms with E-state index in [1.807, 2.05) is 30.3 Å². The third-order valence-electron chi connectivity index (χ3n) is 6.57. The Morgan fingerprint density at radius 2 is 1.68 bits per heavy atom. The summed E-state index contributed by atoms with van der Waals surface area (Å²) in [5.74, 6) is -0.486. The van der Waals surface area contributed by atoms with E-state index in [0.29, 0.717) is 22.2 Å². The average Bonchev–Trinajstić information content (AvgIpc) is 3.18. The number of aryl methyl sites for hydroxylation is 1. The van der Waals surface area contributed by atoms with Crippen LogP contribution in [-0.2, 0) is 27.2 Å². The summed E-state index contributed by atoms with van der Waals surface area (Å²) in [6, 6.07) is 11.8. The Kier molecular flexibility index (Phi) is 10.2. The number of aromatic nitrogens is 1. The molecule has 0 aliphatic heterocycles. The highest BCUT2D eigenvalue weighted by Gasteiger charge is 2.28. The van der Waals surface area contributed by atoms with E-state index < -0.39 is 11.9 Å². The molecule has 0 aliphatic rings. The average molecular weight is 520 g/mol. The number of methoxy groups -OCH3 is 1. The van der Waals surface area contributed by atoms with Crippen molar-refractivity contribution in [3.63, 3.8) is 0 Å². The molecule has 1 aromatic heterocycles. The van der Waals surface area contributed by atoms with Crippen LogP contribution in [0.4, 0.5) is 5.69 Å². The van der Waals surface area contributed by atoms with Gasteiger partial charge in [0.05, 0.1) is 37.1 Å². The second-order valence-electron chi connectivity index (χ2n) is 9.06. The summed E-state index contributed by atoms with van der Waals surface area (Å²) >= 11 is 0. The van der Waals surface area contributed by atoms with Crippen LogP contribution in [0.25, 0.3) is 22.0 Å². The van der Waals surface area contributed by atoms with Gasteiger partial charge in [-0.1, -0.05) is 44.7 Å². The van der Waals surface area contributed by atoms with Crippen LogP contribution in [0.3, 0.4) is 0 Å². The maximum atomic E-state index is 13.0. The number of nitrogens with zero attached hydrogens (tertiary/aromatic N) is 2. The number of hydrogen-bond acceptors (Lipinski definition) is 7. The molecule has 3 aromatic rings. The third kappa shape index (κ3) is 6.10. The molecule has 0 amide bonds. The molecule has 3 rings (SSSR count). The van der Waals surface area contributed by atoms with Crippen molar-refractivity contribution >= 4 is 28.5 Å². The Hall–Kier alpha value is -3.99. The normalized spacial score (nSPS) is 10.8. The summed E-state index contributed by atoms with van der Waals surface area (Å²) in [6.45, 7) is 5.65. The number of esters is 2. The molecule has 0 saturated heterocycles. The lowest BCUT2D eigenvalue weighted by molar-refractivity contribution is -0.143. The number of carbonyl (C=O) groups is 2. The minimum Gasteiger partial charge on any atom is -0.497 e. The molecule has 0 aliphatic carbocycles. The number of anilines is 1. The zero-order chi connectivity index (χ0) is 27.7. The van der Waals surface area contributed by atoms with Crippen LogP contribution < -0.4 is 10.5 Å². The number of nitrogen functional groups attached to an aromatic ring is 1. The zero-order valence-corrected chi connectivity index (χ0v) is 22.8. The quantitative estimate of drug-likeness (QED) is 0.217. The number of benzene rings is 2. The molecule has 1 heterocycles. The van der Waals surface area contributed by atoms with Gasteiger partial charge in [0.2, 0.25) is 0 Å². The number of nitrogens with two attached hydrogens (primary N) is 1. The predicted octanol–water partition coefficient (Wildman–Crippen LogP) is 6.02. The van der Waals surface area contributed by atoms with E-state index in [4.69, 9.17) is 19.9 Å². The first-order chi connectivity index (χ1) is 18.4. The van der Waals surface area contributed by atoms with Crippen LogP contribution in [0.2, 0.25) is 0 Å². The van der Waals surface area contributed by atoms with Crippen molar-refractivity contribution in [1.82, 2.24) is 4.57 Å². The highest BCUT2D eigenvalue weighted by atomic mass is 16.5. The van der Waals surface area contributed by atoms with Gasteiger partial charge in [-0.2, -0.15) is 5.26 Å². The first-order valence-corrected chi connectivity index (χ1v) is 13.3. The van der Waals surface area contributed by atoms with Gasteiger partial charge in [-0.25, -0.2) is 4.79 Å². The first-order valence-electron chi connectivity index (χ1n) is 13.3. The van der Waals surface area contributed by atoms with Gasteiger partial charge in [-0.3, -0.25) is 4.79 Å². The molecule has 0 atom stereocenters. The Morgan fingerprint density at radius 3 is 2.29 bits per heavy atom. The summed E-state index contributed by atoms with van der Waals surface area (Å²) < 4.78 is 17.3. The molecular formula is C30H37N3O5. The number of fused-ring (bicyclic) bond motifs is 1. The van der Waals surface area contributed by atoms with E-state index in [0.717, 1.165) is 48.8 Å². The lowest BCUT2D eigenvalue weighted by atomic mass is 9.89. The lowest BCUT2D eigenvalue weighted by Crippen LogP contribution is -2.20. The maximum Gasteiger partial charge on any atom is 0.357 e. The number of carbonyl (C=O) groups excluding carboxylic acids is 2. The van der Waals surface area contributed by atoms with Gasteiger partial charge in [-0.15, -0.1) is 0 Å². The van der Waals surface area contributed by atoms with Gasteiger partial charge >= 0.3 is 11.9 Å². The van der Waals surface area contributed by atoms with Crippen molar-refractivity contribution in [1.29, 1.82) is 5.26 Å². The summed E-state index contributed by atoms with van der Waals surface area (Å²) in [6.07, 6.45) is 6.25. The van der Waals surface area contributed by atoms with Crippen molar-refractivity contribution in [2.45, 2.75) is 65.8 Å². The standard InChI is InChI=1S/C30H37N3O5/c1-5-8-9-10-11-12-21-17-23-27(32)29(30(35)38-7-3)33(19-25(34)37-6-2)28(23)24(18-31)26(21)20-13-15-22(36-4)16-14-20/h13-17H,5-12,19,32H2,1-4H3. The molecule has 38 heavy (non-hydrogen) atoms. The van der Waals surface area contributed by atoms with E-state index >= 15 is 0 Å². The molecular weight excluding hydrogens is 482 g/mol. The van der Waals surface area contributed by atoms with E-state index in [2.05, 4.69) is 13.0 Å². The molecule has 8 nitrogen and oxygen atoms in total. The Morgan fingerprint density at radius 1 is 1.00 bits per heavy atom. The third-order valence-corrected chi connectivity index (χ3v) is 6.57. The van der Waals surface area contributed by atoms with Crippen molar-refractivity contribution < 1.29 is 23.8 Å². The summed E-state index contributed by atoms with van der Waals surface area (Å²) in [5.41, 5.74) is 10.1. The molecule has 0 unspecified atom stereocenters. The van der Waals surface area contributed by atoms with E-state index in [9.17, 15) is 14.9 Å². The molecule has 8 heteroatoms. The minimum absolute atomic E-state index is 0.0483. The van der Waals surface area contributed by atoms with Crippen LogP contribution in [0.1, 0.15) is 74.5 Å². The van der Waals surface area contributed by atoms with E-state index in [1.54, 1.807) is 21.0 Å². The Bertz CT molecular complexity index is 1320. The predicted molar refractivity (Wildman–Crippen MR) is 148 cm³/mol. The summed E-state index contributed by atoms with van der Waals surface area (Å²) in [4.78, 5) is 25.6. The molecule has 0 bridgehead atoms. The number of unbranched alkanes of at least 4 members (excludes halogenated alkanes) is 4. The number of rotatable bonds is 13. The highest BCUT2D eigenvalue weighted by molar-refractivity contribution is 6.10. The van der Waals surface area contributed by atoms with Gasteiger partial charge in [0.1, 0.15) is 18.4 Å². The fourth-order valence-electron chi connectivity index (χ4n) is 4.82. The smallest absolute Gasteiger partial charge is 0.357 e. The van der Waals surface area contributed by atoms with Crippen molar-refractivity contribution in [2.75, 3.05) is 26.1 Å². The van der Waals surface area contributed by atoms with Gasteiger partial charge in [-0.05, 0) is 56.0 Å². The molecule has 0 saturated carbocycles. The summed E-state index contributed by atoms with van der Waals surface area (Å²) in [5, 5.41) is 11.0. The maximum absolute atomic E-state index is 13.0. The van der Waals surface area contributed by atoms with Crippen molar-refractivity contribution in [3.05, 3.63) is 47.2 Å². The second-order valence-corrected chi connectivity index (χ2v) is 9.06. The highest BCUT2D eigenvalue weighted by Crippen LogP contribution is 2.40. The molecule has 0 fully saturated rings. The number of hydrogen-bond donors (Lipinski definition) is 1. The van der Waals surface area contributed by atoms with Crippen LogP contribution >= 0.6 is 0 Å². The van der Waals surface area contributed by atoms with E-state index in [1.165, 1.54) is 11.0 Å². The lowest BCUT2D eigenvalue weighted by Gasteiger charge is -2.16. The number of ether oxygens (including phenoxy) is 3. The molecule has 0 radical (unpaired) electrons. The minimum atomic E-state index is -0.651. The largest absolute Gasteiger partial charge is 0.497 e. The van der Waals surface area contributed by atoms with Gasteiger partial charge in [0.15, 0.2) is 5.69 Å². The van der Waals surface area contributed by atoms with Gasteiger partial charge < -0.3 is 24.5 Å². The fourth-order valence-corrected chi connectivity index (χ4v) is 4.82. The molecule has 0 spiro atoms. The molecule has 2 aromatic carbocycles. The summed E-state index contributed by atoms with van der Waals surface area (Å²) in [7, 11) is 1.60. The van der Waals surface area contributed by atoms with Gasteiger partial charge in [0, 0.05) is 10.9 Å².